The van der Waals surface area contributed by atoms with E-state index >= 15 is 0 Å². The summed E-state index contributed by atoms with van der Waals surface area (Å²) in [6, 6.07) is 11.5. The van der Waals surface area contributed by atoms with Crippen LogP contribution in [0.15, 0.2) is 55.1 Å². The Balaban J connectivity index is 2.58. The zero-order chi connectivity index (χ0) is 15.4. The highest BCUT2D eigenvalue weighted by Crippen LogP contribution is 2.32. The highest BCUT2D eigenvalue weighted by Gasteiger charge is 2.15. The van der Waals surface area contributed by atoms with Gasteiger partial charge in [0, 0.05) is 15.7 Å². The van der Waals surface area contributed by atoms with Gasteiger partial charge in [-0.1, -0.05) is 35.3 Å². The third kappa shape index (κ3) is 3.57. The Morgan fingerprint density at radius 3 is 2.52 bits per heavy atom. The first kappa shape index (κ1) is 15.4. The molecule has 21 heavy (non-hydrogen) atoms. The summed E-state index contributed by atoms with van der Waals surface area (Å²) in [5.74, 6) is 0. The quantitative estimate of drug-likeness (QED) is 0.792. The Bertz CT molecular complexity index is 686. The summed E-state index contributed by atoms with van der Waals surface area (Å²) in [5.41, 5.74) is 1.62. The van der Waals surface area contributed by atoms with E-state index in [0.29, 0.717) is 27.8 Å². The number of carbonyl (C=O) groups excluding carboxylic acids is 1. The van der Waals surface area contributed by atoms with Gasteiger partial charge in [0.2, 0.25) is 0 Å². The Kier molecular flexibility index (Phi) is 4.89. The molecular formula is C16H12Cl2NO2-. The third-order valence-corrected chi connectivity index (χ3v) is 3.37. The summed E-state index contributed by atoms with van der Waals surface area (Å²) in [6.45, 7) is 3.67. The first-order valence-corrected chi connectivity index (χ1v) is 6.94. The van der Waals surface area contributed by atoms with Gasteiger partial charge in [0.05, 0.1) is 5.69 Å². The van der Waals surface area contributed by atoms with Crippen LogP contribution in [-0.2, 0) is 6.42 Å². The number of halogens is 2. The molecule has 0 spiro atoms. The molecule has 2 aromatic rings. The minimum absolute atomic E-state index is 0.412. The lowest BCUT2D eigenvalue weighted by atomic mass is 10.1. The van der Waals surface area contributed by atoms with Gasteiger partial charge in [-0.3, -0.25) is 4.90 Å². The molecule has 5 heteroatoms. The number of benzene rings is 2. The van der Waals surface area contributed by atoms with Crippen molar-refractivity contribution in [2.45, 2.75) is 6.42 Å². The fourth-order valence-electron chi connectivity index (χ4n) is 2.05. The number of carboxylic acid groups (broad SMARTS) is 1. The summed E-state index contributed by atoms with van der Waals surface area (Å²) >= 11 is 11.9. The van der Waals surface area contributed by atoms with Crippen LogP contribution in [0.25, 0.3) is 0 Å². The lowest BCUT2D eigenvalue weighted by Crippen LogP contribution is -2.38. The molecule has 0 unspecified atom stereocenters. The number of hydrogen-bond donors (Lipinski definition) is 0. The maximum Gasteiger partial charge on any atom is 0.146 e. The Hall–Kier alpha value is -1.97. The van der Waals surface area contributed by atoms with E-state index in [0.717, 1.165) is 10.5 Å². The third-order valence-electron chi connectivity index (χ3n) is 2.90. The second kappa shape index (κ2) is 6.66. The van der Waals surface area contributed by atoms with E-state index < -0.39 is 6.09 Å². The molecule has 0 saturated carbocycles. The van der Waals surface area contributed by atoms with Crippen molar-refractivity contribution in [3.63, 3.8) is 0 Å². The first-order chi connectivity index (χ1) is 10.0. The van der Waals surface area contributed by atoms with Crippen LogP contribution in [0.3, 0.4) is 0 Å². The molecule has 0 aliphatic heterocycles. The molecule has 0 aromatic heterocycles. The summed E-state index contributed by atoms with van der Waals surface area (Å²) in [5, 5.41) is 12.5. The largest absolute Gasteiger partial charge is 0.529 e. The molecule has 0 bridgehead atoms. The normalized spacial score (nSPS) is 10.2. The molecular weight excluding hydrogens is 309 g/mol. The number of carbonyl (C=O) groups is 1. The van der Waals surface area contributed by atoms with Crippen LogP contribution in [0.4, 0.5) is 16.2 Å². The monoisotopic (exact) mass is 320 g/mol. The lowest BCUT2D eigenvalue weighted by molar-refractivity contribution is -0.245. The minimum atomic E-state index is -1.34. The number of allylic oxidation sites excluding steroid dienone is 1. The van der Waals surface area contributed by atoms with E-state index in [4.69, 9.17) is 23.2 Å². The van der Waals surface area contributed by atoms with Gasteiger partial charge < -0.3 is 9.90 Å². The van der Waals surface area contributed by atoms with Gasteiger partial charge in [-0.15, -0.1) is 6.58 Å². The number of anilines is 2. The molecule has 0 fully saturated rings. The number of rotatable bonds is 4. The Morgan fingerprint density at radius 2 is 1.90 bits per heavy atom. The van der Waals surface area contributed by atoms with Crippen molar-refractivity contribution in [2.75, 3.05) is 4.90 Å². The van der Waals surface area contributed by atoms with E-state index in [-0.39, 0.29) is 0 Å². The molecule has 0 aliphatic rings. The molecule has 0 saturated heterocycles. The van der Waals surface area contributed by atoms with E-state index in [2.05, 4.69) is 6.58 Å². The average Bonchev–Trinajstić information content (AvgIpc) is 2.41. The number of amides is 1. The highest BCUT2D eigenvalue weighted by molar-refractivity contribution is 6.31. The van der Waals surface area contributed by atoms with E-state index in [1.807, 2.05) is 0 Å². The number of nitrogens with zero attached hydrogens (tertiary/aromatic N) is 1. The van der Waals surface area contributed by atoms with Crippen molar-refractivity contribution in [1.82, 2.24) is 0 Å². The predicted molar refractivity (Wildman–Crippen MR) is 84.3 cm³/mol. The van der Waals surface area contributed by atoms with Crippen LogP contribution in [-0.4, -0.2) is 6.09 Å². The Morgan fingerprint density at radius 1 is 1.19 bits per heavy atom. The smallest absolute Gasteiger partial charge is 0.146 e. The van der Waals surface area contributed by atoms with Gasteiger partial charge in [0.25, 0.3) is 0 Å². The number of hydrogen-bond acceptors (Lipinski definition) is 2. The molecule has 1 amide bonds. The van der Waals surface area contributed by atoms with Crippen molar-refractivity contribution in [1.29, 1.82) is 0 Å². The summed E-state index contributed by atoms with van der Waals surface area (Å²) in [6.07, 6.45) is 0.825. The van der Waals surface area contributed by atoms with Crippen LogP contribution in [0.2, 0.25) is 10.0 Å². The zero-order valence-corrected chi connectivity index (χ0v) is 12.6. The van der Waals surface area contributed by atoms with Gasteiger partial charge >= 0.3 is 0 Å². The van der Waals surface area contributed by atoms with Gasteiger partial charge in [-0.05, 0) is 48.4 Å². The van der Waals surface area contributed by atoms with Crippen molar-refractivity contribution < 1.29 is 9.90 Å². The van der Waals surface area contributed by atoms with Crippen LogP contribution < -0.4 is 10.0 Å². The van der Waals surface area contributed by atoms with Gasteiger partial charge in [-0.2, -0.15) is 0 Å². The van der Waals surface area contributed by atoms with Crippen LogP contribution in [0, 0.1) is 0 Å². The van der Waals surface area contributed by atoms with Gasteiger partial charge in [0.1, 0.15) is 6.09 Å². The van der Waals surface area contributed by atoms with Crippen molar-refractivity contribution in [3.8, 4) is 0 Å². The van der Waals surface area contributed by atoms with Gasteiger partial charge in [-0.25, -0.2) is 0 Å². The van der Waals surface area contributed by atoms with Crippen molar-refractivity contribution in [2.24, 2.45) is 0 Å². The minimum Gasteiger partial charge on any atom is -0.529 e. The molecule has 0 radical (unpaired) electrons. The fourth-order valence-corrected chi connectivity index (χ4v) is 2.43. The van der Waals surface area contributed by atoms with Crippen LogP contribution in [0.1, 0.15) is 5.56 Å². The molecule has 0 aliphatic carbocycles. The predicted octanol–water partition coefficient (Wildman–Crippen LogP) is 4.20. The standard InChI is InChI=1S/C16H13Cl2NO2/c1-2-4-11-9-13(18)7-8-15(11)19(16(20)21)14-6-3-5-12(17)10-14/h2-3,5-10H,1,4H2,(H,20,21)/p-1. The second-order valence-corrected chi connectivity index (χ2v) is 5.22. The maximum atomic E-state index is 11.6. The van der Waals surface area contributed by atoms with Crippen LogP contribution >= 0.6 is 23.2 Å². The molecule has 2 rings (SSSR count). The van der Waals surface area contributed by atoms with Crippen molar-refractivity contribution >= 4 is 40.7 Å². The molecule has 0 atom stereocenters. The SMILES string of the molecule is C=CCc1cc(Cl)ccc1N(C(=O)[O-])c1cccc(Cl)c1. The summed E-state index contributed by atoms with van der Waals surface area (Å²) in [4.78, 5) is 12.6. The molecule has 3 nitrogen and oxygen atoms in total. The van der Waals surface area contributed by atoms with Crippen LogP contribution in [0.5, 0.6) is 0 Å². The molecule has 0 N–H and O–H groups in total. The average molecular weight is 321 g/mol. The fraction of sp³-hybridized carbons (Fsp3) is 0.0625. The lowest BCUT2D eigenvalue weighted by Gasteiger charge is -2.27. The van der Waals surface area contributed by atoms with E-state index in [1.54, 1.807) is 48.5 Å². The zero-order valence-electron chi connectivity index (χ0n) is 11.1. The van der Waals surface area contributed by atoms with Gasteiger partial charge in [0.15, 0.2) is 0 Å². The topological polar surface area (TPSA) is 43.4 Å². The Labute approximate surface area is 133 Å². The summed E-state index contributed by atoms with van der Waals surface area (Å²) < 4.78 is 0. The molecule has 0 heterocycles. The van der Waals surface area contributed by atoms with E-state index in [1.165, 1.54) is 0 Å². The highest BCUT2D eigenvalue weighted by atomic mass is 35.5. The summed E-state index contributed by atoms with van der Waals surface area (Å²) in [7, 11) is 0. The first-order valence-electron chi connectivity index (χ1n) is 6.19. The molecule has 2 aromatic carbocycles. The van der Waals surface area contributed by atoms with E-state index in [9.17, 15) is 9.90 Å². The van der Waals surface area contributed by atoms with Crippen molar-refractivity contribution in [3.05, 3.63) is 70.7 Å². The second-order valence-electron chi connectivity index (χ2n) is 4.35. The molecule has 108 valence electrons. The maximum absolute atomic E-state index is 11.6.